The number of ether oxygens (including phenoxy) is 2. The van der Waals surface area contributed by atoms with E-state index in [4.69, 9.17) is 9.47 Å². The van der Waals surface area contributed by atoms with E-state index in [2.05, 4.69) is 18.7 Å². The minimum Gasteiger partial charge on any atom is -0.481 e. The van der Waals surface area contributed by atoms with Crippen molar-refractivity contribution in [2.24, 2.45) is 5.92 Å². The Kier molecular flexibility index (Phi) is 8.29. The zero-order valence-electron chi connectivity index (χ0n) is 20.7. The van der Waals surface area contributed by atoms with E-state index < -0.39 is 17.9 Å². The van der Waals surface area contributed by atoms with Gasteiger partial charge >= 0.3 is 5.97 Å². The maximum absolute atomic E-state index is 13.5. The van der Waals surface area contributed by atoms with E-state index in [1.54, 1.807) is 0 Å². The number of hydrogen-bond acceptors (Lipinski definition) is 5. The number of nitrogens with zero attached hydrogens (tertiary/aromatic N) is 2. The molecule has 2 aromatic carbocycles. The van der Waals surface area contributed by atoms with Gasteiger partial charge in [-0.1, -0.05) is 63.1 Å². The molecule has 0 aromatic heterocycles. The highest BCUT2D eigenvalue weighted by Gasteiger charge is 2.48. The number of benzene rings is 2. The minimum absolute atomic E-state index is 0.0725. The van der Waals surface area contributed by atoms with Crippen LogP contribution in [0.4, 0.5) is 0 Å². The molecule has 2 aromatic rings. The smallest absolute Gasteiger partial charge is 0.309 e. The van der Waals surface area contributed by atoms with Crippen molar-refractivity contribution < 1.29 is 24.2 Å². The van der Waals surface area contributed by atoms with Gasteiger partial charge in [-0.05, 0) is 36.1 Å². The van der Waals surface area contributed by atoms with Gasteiger partial charge in [-0.25, -0.2) is 0 Å². The van der Waals surface area contributed by atoms with E-state index in [9.17, 15) is 14.7 Å². The topological polar surface area (TPSA) is 79.3 Å². The third kappa shape index (κ3) is 5.61. The van der Waals surface area contributed by atoms with Gasteiger partial charge in [0.05, 0.1) is 12.5 Å². The van der Waals surface area contributed by atoms with Crippen LogP contribution in [0.25, 0.3) is 0 Å². The summed E-state index contributed by atoms with van der Waals surface area (Å²) in [6.45, 7) is 6.60. The number of aliphatic carboxylic acids is 1. The molecule has 0 radical (unpaired) electrons. The fourth-order valence-electron chi connectivity index (χ4n) is 5.25. The molecular formula is C28H36N2O5. The first kappa shape index (κ1) is 25.0. The summed E-state index contributed by atoms with van der Waals surface area (Å²) < 4.78 is 11.0. The van der Waals surface area contributed by atoms with Gasteiger partial charge in [-0.3, -0.25) is 14.5 Å². The van der Waals surface area contributed by atoms with E-state index in [0.29, 0.717) is 18.0 Å². The van der Waals surface area contributed by atoms with Gasteiger partial charge in [0, 0.05) is 31.6 Å². The molecule has 35 heavy (non-hydrogen) atoms. The molecule has 0 spiro atoms. The lowest BCUT2D eigenvalue weighted by Crippen LogP contribution is -2.42. The number of carboxylic acids is 1. The van der Waals surface area contributed by atoms with Gasteiger partial charge in [-0.15, -0.1) is 0 Å². The summed E-state index contributed by atoms with van der Waals surface area (Å²) in [7, 11) is 0. The fourth-order valence-corrected chi connectivity index (χ4v) is 5.25. The lowest BCUT2D eigenvalue weighted by atomic mass is 9.83. The molecule has 2 heterocycles. The van der Waals surface area contributed by atoms with Crippen LogP contribution in [-0.2, 0) is 9.59 Å². The summed E-state index contributed by atoms with van der Waals surface area (Å²) in [5, 5.41) is 10.4. The molecule has 3 unspecified atom stereocenters. The average molecular weight is 481 g/mol. The van der Waals surface area contributed by atoms with Crippen LogP contribution in [0.5, 0.6) is 11.5 Å². The number of carbonyl (C=O) groups is 2. The number of fused-ring (bicyclic) bond motifs is 1. The Bertz CT molecular complexity index is 1000. The second kappa shape index (κ2) is 11.6. The summed E-state index contributed by atoms with van der Waals surface area (Å²) in [5.74, 6) is -0.436. The van der Waals surface area contributed by atoms with Gasteiger partial charge in [-0.2, -0.15) is 0 Å². The van der Waals surface area contributed by atoms with Crippen LogP contribution < -0.4 is 9.47 Å². The molecule has 188 valence electrons. The molecule has 4 rings (SSSR count). The number of carbonyl (C=O) groups excluding carboxylic acids is 1. The molecule has 7 heteroatoms. The Labute approximate surface area is 207 Å². The van der Waals surface area contributed by atoms with Crippen LogP contribution in [0.3, 0.4) is 0 Å². The van der Waals surface area contributed by atoms with Crippen molar-refractivity contribution >= 4 is 11.9 Å². The van der Waals surface area contributed by atoms with Crippen LogP contribution in [-0.4, -0.2) is 59.8 Å². The van der Waals surface area contributed by atoms with Gasteiger partial charge in [0.25, 0.3) is 0 Å². The van der Waals surface area contributed by atoms with Crippen LogP contribution in [0.2, 0.25) is 0 Å². The van der Waals surface area contributed by atoms with Crippen molar-refractivity contribution in [2.75, 3.05) is 33.0 Å². The quantitative estimate of drug-likeness (QED) is 0.503. The van der Waals surface area contributed by atoms with Crippen molar-refractivity contribution in [3.63, 3.8) is 0 Å². The molecule has 1 saturated heterocycles. The number of likely N-dealkylation sites (tertiary alicyclic amines) is 1. The Morgan fingerprint density at radius 1 is 0.971 bits per heavy atom. The third-order valence-corrected chi connectivity index (χ3v) is 7.10. The number of carboxylic acid groups (broad SMARTS) is 1. The second-order valence-corrected chi connectivity index (χ2v) is 9.46. The molecule has 1 amide bonds. The standard InChI is InChI=1S/C28H36N2O5/c1-3-5-14-29(15-6-4-2)25(31)18-30-17-22(21-12-13-23-24(16-21)35-19-34-23)26(28(32)33)27(30)20-10-8-7-9-11-20/h7-13,16,22,26-27H,3-6,14-15,17-19H2,1-2H3,(H,32,33). The first-order valence-corrected chi connectivity index (χ1v) is 12.7. The molecule has 0 bridgehead atoms. The Morgan fingerprint density at radius 2 is 1.66 bits per heavy atom. The largest absolute Gasteiger partial charge is 0.481 e. The monoisotopic (exact) mass is 480 g/mol. The van der Waals surface area contributed by atoms with E-state index in [0.717, 1.165) is 49.9 Å². The number of amides is 1. The number of rotatable bonds is 11. The molecule has 0 saturated carbocycles. The first-order valence-electron chi connectivity index (χ1n) is 12.7. The zero-order valence-corrected chi connectivity index (χ0v) is 20.7. The second-order valence-electron chi connectivity index (χ2n) is 9.46. The van der Waals surface area contributed by atoms with Gasteiger partial charge in [0.15, 0.2) is 11.5 Å². The summed E-state index contributed by atoms with van der Waals surface area (Å²) in [6, 6.07) is 15.0. The van der Waals surface area contributed by atoms with Crippen molar-refractivity contribution in [3.8, 4) is 11.5 Å². The molecule has 1 fully saturated rings. The Morgan fingerprint density at radius 3 is 2.31 bits per heavy atom. The molecular weight excluding hydrogens is 444 g/mol. The first-order chi connectivity index (χ1) is 17.0. The van der Waals surface area contributed by atoms with Crippen molar-refractivity contribution in [3.05, 3.63) is 59.7 Å². The number of unbranched alkanes of at least 4 members (excludes halogenated alkanes) is 2. The molecule has 0 aliphatic carbocycles. The molecule has 2 aliphatic heterocycles. The lowest BCUT2D eigenvalue weighted by Gasteiger charge is -2.30. The van der Waals surface area contributed by atoms with Crippen molar-refractivity contribution in [1.82, 2.24) is 9.80 Å². The SMILES string of the molecule is CCCCN(CCCC)C(=O)CN1CC(c2ccc3c(c2)OCO3)C(C(=O)O)C1c1ccccc1. The summed E-state index contributed by atoms with van der Waals surface area (Å²) in [5.41, 5.74) is 1.82. The average Bonchev–Trinajstić information content (AvgIpc) is 3.49. The minimum atomic E-state index is -0.856. The summed E-state index contributed by atoms with van der Waals surface area (Å²) in [4.78, 5) is 30.2. The normalized spacial score (nSPS) is 21.3. The van der Waals surface area contributed by atoms with E-state index in [1.807, 2.05) is 53.4 Å². The predicted octanol–water partition coefficient (Wildman–Crippen LogP) is 4.69. The van der Waals surface area contributed by atoms with Gasteiger partial charge in [0.1, 0.15) is 0 Å². The van der Waals surface area contributed by atoms with E-state index in [-0.39, 0.29) is 25.2 Å². The molecule has 7 nitrogen and oxygen atoms in total. The molecule has 3 atom stereocenters. The van der Waals surface area contributed by atoms with E-state index in [1.165, 1.54) is 0 Å². The maximum atomic E-state index is 13.5. The highest BCUT2D eigenvalue weighted by molar-refractivity contribution is 5.79. The Balaban J connectivity index is 1.65. The van der Waals surface area contributed by atoms with Gasteiger partial charge in [0.2, 0.25) is 12.7 Å². The highest BCUT2D eigenvalue weighted by atomic mass is 16.7. The maximum Gasteiger partial charge on any atom is 0.309 e. The van der Waals surface area contributed by atoms with Crippen LogP contribution >= 0.6 is 0 Å². The van der Waals surface area contributed by atoms with Gasteiger partial charge < -0.3 is 19.5 Å². The molecule has 2 aliphatic rings. The summed E-state index contributed by atoms with van der Waals surface area (Å²) >= 11 is 0. The van der Waals surface area contributed by atoms with Crippen molar-refractivity contribution in [1.29, 1.82) is 0 Å². The Hall–Kier alpha value is -3.06. The zero-order chi connectivity index (χ0) is 24.8. The highest BCUT2D eigenvalue weighted by Crippen LogP contribution is 2.47. The van der Waals surface area contributed by atoms with Crippen LogP contribution in [0, 0.1) is 5.92 Å². The molecule has 1 N–H and O–H groups in total. The lowest BCUT2D eigenvalue weighted by molar-refractivity contribution is -0.144. The van der Waals surface area contributed by atoms with Crippen LogP contribution in [0.15, 0.2) is 48.5 Å². The van der Waals surface area contributed by atoms with E-state index >= 15 is 0 Å². The summed E-state index contributed by atoms with van der Waals surface area (Å²) in [6.07, 6.45) is 3.99. The third-order valence-electron chi connectivity index (χ3n) is 7.10. The van der Waals surface area contributed by atoms with Crippen molar-refractivity contribution in [2.45, 2.75) is 51.5 Å². The van der Waals surface area contributed by atoms with Crippen LogP contribution in [0.1, 0.15) is 62.6 Å². The predicted molar refractivity (Wildman–Crippen MR) is 134 cm³/mol. The number of hydrogen-bond donors (Lipinski definition) is 1. The fraction of sp³-hybridized carbons (Fsp3) is 0.500.